The number of benzodiazepines with no additional fused rings is 1. The van der Waals surface area contributed by atoms with Crippen LogP contribution in [0.15, 0.2) is 65.7 Å². The minimum absolute atomic E-state index is 0.0103. The highest BCUT2D eigenvalue weighted by Crippen LogP contribution is 2.33. The SMILES string of the molecule is COc1ccc2c(c1)C(c1ccc(Cl)cc1)=N[C@@H](CC(=O)NCCOc1ccc(O)c(O)c1)C(=N)N2C(C)=N. The number of fused-ring (bicyclic) bond motifs is 1. The van der Waals surface area contributed by atoms with Crippen molar-refractivity contribution in [3.8, 4) is 23.0 Å². The molecule has 1 atom stereocenters. The Bertz CT molecular complexity index is 1440. The average molecular weight is 550 g/mol. The standard InChI is InChI=1S/C28H28ClN5O5/c1-16(30)34-23-9-7-19(38-2)13-21(23)27(17-3-5-18(29)6-4-17)33-22(28(34)31)15-26(37)32-11-12-39-20-8-10-24(35)25(36)14-20/h3-10,13-14,22,30-31,35-36H,11-12,15H2,1-2H3,(H,32,37)/t22-/m0/s1. The van der Waals surface area contributed by atoms with Gasteiger partial charge in [0.2, 0.25) is 5.91 Å². The molecular weight excluding hydrogens is 522 g/mol. The van der Waals surface area contributed by atoms with Gasteiger partial charge in [-0.15, -0.1) is 0 Å². The maximum absolute atomic E-state index is 12.9. The number of carbonyl (C=O) groups excluding carboxylic acids is 1. The molecule has 202 valence electrons. The molecule has 0 saturated heterocycles. The van der Waals surface area contributed by atoms with Crippen LogP contribution in [-0.2, 0) is 4.79 Å². The fourth-order valence-electron chi connectivity index (χ4n) is 4.13. The smallest absolute Gasteiger partial charge is 0.222 e. The van der Waals surface area contributed by atoms with Gasteiger partial charge in [-0.25, -0.2) is 0 Å². The molecule has 1 aliphatic rings. The highest BCUT2D eigenvalue weighted by atomic mass is 35.5. The van der Waals surface area contributed by atoms with Gasteiger partial charge >= 0.3 is 0 Å². The van der Waals surface area contributed by atoms with E-state index in [1.54, 1.807) is 44.4 Å². The van der Waals surface area contributed by atoms with E-state index < -0.39 is 6.04 Å². The molecule has 3 aromatic rings. The van der Waals surface area contributed by atoms with Gasteiger partial charge in [0.15, 0.2) is 11.5 Å². The molecule has 11 heteroatoms. The van der Waals surface area contributed by atoms with Gasteiger partial charge in [-0.05, 0) is 49.4 Å². The molecule has 1 heterocycles. The molecule has 0 radical (unpaired) electrons. The van der Waals surface area contributed by atoms with Crippen LogP contribution in [0, 0.1) is 10.8 Å². The number of amidine groups is 2. The normalized spacial score (nSPS) is 14.6. The molecule has 5 N–H and O–H groups in total. The van der Waals surface area contributed by atoms with Crippen molar-refractivity contribution < 1.29 is 24.5 Å². The van der Waals surface area contributed by atoms with Crippen LogP contribution in [0.3, 0.4) is 0 Å². The fraction of sp³-hybridized carbons (Fsp3) is 0.214. The molecule has 1 amide bonds. The molecule has 0 bridgehead atoms. The van der Waals surface area contributed by atoms with Crippen molar-refractivity contribution in [2.75, 3.05) is 25.2 Å². The minimum atomic E-state index is -0.885. The Balaban J connectivity index is 1.58. The largest absolute Gasteiger partial charge is 0.504 e. The zero-order chi connectivity index (χ0) is 28.1. The van der Waals surface area contributed by atoms with E-state index in [0.29, 0.717) is 33.5 Å². The quantitative estimate of drug-likeness (QED) is 0.122. The van der Waals surface area contributed by atoms with Crippen molar-refractivity contribution in [1.82, 2.24) is 5.32 Å². The number of nitrogens with zero attached hydrogens (tertiary/aromatic N) is 2. The summed E-state index contributed by atoms with van der Waals surface area (Å²) in [4.78, 5) is 19.2. The van der Waals surface area contributed by atoms with E-state index in [9.17, 15) is 15.0 Å². The number of anilines is 1. The van der Waals surface area contributed by atoms with Crippen molar-refractivity contribution in [2.45, 2.75) is 19.4 Å². The number of aromatic hydroxyl groups is 2. The number of halogens is 1. The second-order valence-electron chi connectivity index (χ2n) is 8.74. The number of amides is 1. The van der Waals surface area contributed by atoms with Crippen LogP contribution >= 0.6 is 11.6 Å². The van der Waals surface area contributed by atoms with E-state index in [1.165, 1.54) is 23.1 Å². The van der Waals surface area contributed by atoms with Crippen LogP contribution in [0.1, 0.15) is 24.5 Å². The molecule has 1 aliphatic heterocycles. The second kappa shape index (κ2) is 11.9. The molecular formula is C28H28ClN5O5. The summed E-state index contributed by atoms with van der Waals surface area (Å²) in [5, 5.41) is 39.6. The molecule has 0 spiro atoms. The number of aliphatic imine (C=N–C) groups is 1. The number of hydrogen-bond acceptors (Lipinski definition) is 8. The summed E-state index contributed by atoms with van der Waals surface area (Å²) in [7, 11) is 1.56. The van der Waals surface area contributed by atoms with Crippen molar-refractivity contribution in [3.63, 3.8) is 0 Å². The van der Waals surface area contributed by atoms with Crippen LogP contribution in [0.25, 0.3) is 0 Å². The third-order valence-electron chi connectivity index (χ3n) is 6.01. The van der Waals surface area contributed by atoms with Gasteiger partial charge in [0.1, 0.15) is 35.8 Å². The third-order valence-corrected chi connectivity index (χ3v) is 6.26. The predicted molar refractivity (Wildman–Crippen MR) is 150 cm³/mol. The highest BCUT2D eigenvalue weighted by molar-refractivity contribution is 6.31. The molecule has 10 nitrogen and oxygen atoms in total. The van der Waals surface area contributed by atoms with Gasteiger partial charge in [-0.2, -0.15) is 0 Å². The van der Waals surface area contributed by atoms with Crippen LogP contribution in [0.2, 0.25) is 5.02 Å². The number of ether oxygens (including phenoxy) is 2. The maximum Gasteiger partial charge on any atom is 0.222 e. The van der Waals surface area contributed by atoms with E-state index in [1.807, 2.05) is 12.1 Å². The Labute approximate surface area is 230 Å². The van der Waals surface area contributed by atoms with Gasteiger partial charge in [0.25, 0.3) is 0 Å². The van der Waals surface area contributed by atoms with Gasteiger partial charge in [0, 0.05) is 22.2 Å². The summed E-state index contributed by atoms with van der Waals surface area (Å²) in [6.45, 7) is 1.86. The highest BCUT2D eigenvalue weighted by Gasteiger charge is 2.32. The number of nitrogens with one attached hydrogen (secondary N) is 3. The number of phenolic OH excluding ortho intramolecular Hbond substituents is 2. The predicted octanol–water partition coefficient (Wildman–Crippen LogP) is 4.35. The third kappa shape index (κ3) is 6.29. The average Bonchev–Trinajstić information content (AvgIpc) is 3.03. The zero-order valence-corrected chi connectivity index (χ0v) is 22.1. The van der Waals surface area contributed by atoms with Crippen LogP contribution in [0.4, 0.5) is 5.69 Å². The monoisotopic (exact) mass is 549 g/mol. The summed E-state index contributed by atoms with van der Waals surface area (Å²) in [6.07, 6.45) is -0.134. The van der Waals surface area contributed by atoms with Crippen molar-refractivity contribution in [2.24, 2.45) is 4.99 Å². The first-order valence-corrected chi connectivity index (χ1v) is 12.4. The number of phenols is 2. The molecule has 0 saturated carbocycles. The summed E-state index contributed by atoms with van der Waals surface area (Å²) < 4.78 is 10.9. The number of methoxy groups -OCH3 is 1. The molecule has 0 unspecified atom stereocenters. The topological polar surface area (TPSA) is 151 Å². The fourth-order valence-corrected chi connectivity index (χ4v) is 4.26. The molecule has 0 aromatic heterocycles. The lowest BCUT2D eigenvalue weighted by Gasteiger charge is -2.26. The lowest BCUT2D eigenvalue weighted by Crippen LogP contribution is -2.42. The van der Waals surface area contributed by atoms with Gasteiger partial charge < -0.3 is 25.0 Å². The van der Waals surface area contributed by atoms with Gasteiger partial charge in [-0.1, -0.05) is 23.7 Å². The number of benzene rings is 3. The van der Waals surface area contributed by atoms with Gasteiger partial charge in [-0.3, -0.25) is 25.5 Å². The van der Waals surface area contributed by atoms with E-state index >= 15 is 0 Å². The van der Waals surface area contributed by atoms with E-state index in [2.05, 4.69) is 5.32 Å². The van der Waals surface area contributed by atoms with Crippen molar-refractivity contribution in [3.05, 3.63) is 76.8 Å². The van der Waals surface area contributed by atoms with Gasteiger partial charge in [0.05, 0.1) is 31.5 Å². The summed E-state index contributed by atoms with van der Waals surface area (Å²) in [5.41, 5.74) is 2.52. The summed E-state index contributed by atoms with van der Waals surface area (Å²) in [5.74, 6) is 0.110. The summed E-state index contributed by atoms with van der Waals surface area (Å²) in [6, 6.07) is 15.6. The van der Waals surface area contributed by atoms with Crippen LogP contribution < -0.4 is 19.7 Å². The number of hydrogen-bond donors (Lipinski definition) is 5. The van der Waals surface area contributed by atoms with Crippen molar-refractivity contribution in [1.29, 1.82) is 10.8 Å². The lowest BCUT2D eigenvalue weighted by molar-refractivity contribution is -0.121. The Hall–Kier alpha value is -4.57. The van der Waals surface area contributed by atoms with Crippen LogP contribution in [0.5, 0.6) is 23.0 Å². The van der Waals surface area contributed by atoms with E-state index in [0.717, 1.165) is 5.56 Å². The van der Waals surface area contributed by atoms with E-state index in [4.69, 9.17) is 36.9 Å². The van der Waals surface area contributed by atoms with E-state index in [-0.39, 0.29) is 48.6 Å². The lowest BCUT2D eigenvalue weighted by atomic mass is 9.99. The van der Waals surface area contributed by atoms with Crippen LogP contribution in [-0.4, -0.2) is 59.8 Å². The molecule has 4 rings (SSSR count). The molecule has 3 aromatic carbocycles. The first kappa shape index (κ1) is 27.5. The summed E-state index contributed by atoms with van der Waals surface area (Å²) >= 11 is 6.11. The minimum Gasteiger partial charge on any atom is -0.504 e. The zero-order valence-electron chi connectivity index (χ0n) is 21.4. The molecule has 0 fully saturated rings. The first-order chi connectivity index (χ1) is 18.7. The Morgan fingerprint density at radius 2 is 1.79 bits per heavy atom. The Morgan fingerprint density at radius 1 is 1.08 bits per heavy atom. The Morgan fingerprint density at radius 3 is 2.46 bits per heavy atom. The number of carbonyl (C=O) groups is 1. The number of rotatable bonds is 8. The molecule has 39 heavy (non-hydrogen) atoms. The molecule has 0 aliphatic carbocycles. The second-order valence-corrected chi connectivity index (χ2v) is 9.18. The Kier molecular flexibility index (Phi) is 8.36. The van der Waals surface area contributed by atoms with Crippen molar-refractivity contribution >= 4 is 40.6 Å². The first-order valence-electron chi connectivity index (χ1n) is 12.0. The maximum atomic E-state index is 12.9.